The van der Waals surface area contributed by atoms with Crippen LogP contribution in [0.4, 0.5) is 15.3 Å². The molecule has 10 nitrogen and oxygen atoms in total. The summed E-state index contributed by atoms with van der Waals surface area (Å²) < 4.78 is 0. The second-order valence-electron chi connectivity index (χ2n) is 13.6. The van der Waals surface area contributed by atoms with E-state index in [0.717, 1.165) is 48.9 Å². The number of amides is 4. The second-order valence-corrected chi connectivity index (χ2v) is 13.6. The van der Waals surface area contributed by atoms with Gasteiger partial charge in [-0.3, -0.25) is 4.79 Å². The molecule has 6 rings (SSSR count). The molecule has 4 heterocycles. The molecule has 0 saturated carbocycles. The fraction of sp³-hybridized carbons (Fsp3) is 0.595. The van der Waals surface area contributed by atoms with Gasteiger partial charge in [-0.1, -0.05) is 50.2 Å². The van der Waals surface area contributed by atoms with Gasteiger partial charge in [-0.2, -0.15) is 0 Å². The molecule has 0 radical (unpaired) electrons. The normalized spacial score (nSPS) is 20.8. The molecule has 4 aliphatic rings. The van der Waals surface area contributed by atoms with E-state index in [0.29, 0.717) is 58.0 Å². The van der Waals surface area contributed by atoms with Crippen LogP contribution in [-0.2, 0) is 35.3 Å². The predicted octanol–water partition coefficient (Wildman–Crippen LogP) is 5.01. The number of piperidine rings is 2. The molecule has 3 fully saturated rings. The molecular weight excluding hydrogens is 592 g/mol. The van der Waals surface area contributed by atoms with Gasteiger partial charge in [0.1, 0.15) is 6.04 Å². The van der Waals surface area contributed by atoms with E-state index in [1.807, 2.05) is 28.0 Å². The van der Waals surface area contributed by atoms with E-state index in [4.69, 9.17) is 4.84 Å². The van der Waals surface area contributed by atoms with E-state index in [9.17, 15) is 14.4 Å². The number of fused-ring (bicyclic) bond motifs is 1. The van der Waals surface area contributed by atoms with Gasteiger partial charge in [-0.25, -0.2) is 9.59 Å². The Balaban J connectivity index is 1.06. The van der Waals surface area contributed by atoms with E-state index >= 15 is 0 Å². The highest BCUT2D eigenvalue weighted by Crippen LogP contribution is 2.26. The highest BCUT2D eigenvalue weighted by atomic mass is 16.7. The first-order valence-corrected chi connectivity index (χ1v) is 17.9. The van der Waals surface area contributed by atoms with E-state index in [1.165, 1.54) is 37.1 Å². The smallest absolute Gasteiger partial charge is 0.351 e. The Morgan fingerprint density at radius 1 is 0.872 bits per heavy atom. The first-order chi connectivity index (χ1) is 22.9. The van der Waals surface area contributed by atoms with Crippen LogP contribution in [0, 0.1) is 0 Å². The number of para-hydroxylation sites is 1. The minimum Gasteiger partial charge on any atom is -0.351 e. The molecule has 1 atom stereocenters. The van der Waals surface area contributed by atoms with Gasteiger partial charge in [0.2, 0.25) is 5.91 Å². The zero-order chi connectivity index (χ0) is 32.8. The molecule has 2 N–H and O–H groups in total. The van der Waals surface area contributed by atoms with Crippen LogP contribution < -0.4 is 10.6 Å². The third-order valence-corrected chi connectivity index (χ3v) is 10.7. The molecule has 4 aliphatic heterocycles. The Morgan fingerprint density at radius 2 is 1.57 bits per heavy atom. The van der Waals surface area contributed by atoms with Gasteiger partial charge in [-0.15, -0.1) is 5.06 Å². The number of anilines is 1. The lowest BCUT2D eigenvalue weighted by atomic mass is 9.96. The Hall–Kier alpha value is -3.63. The number of aryl methyl sites for hydroxylation is 2. The summed E-state index contributed by atoms with van der Waals surface area (Å²) in [5.41, 5.74) is 5.68. The minimum atomic E-state index is -0.706. The van der Waals surface area contributed by atoms with Crippen molar-refractivity contribution < 1.29 is 19.2 Å². The molecular formula is C37H52N6O4. The van der Waals surface area contributed by atoms with E-state index < -0.39 is 12.1 Å². The first kappa shape index (κ1) is 33.3. The molecule has 2 aromatic rings. The molecule has 3 saturated heterocycles. The maximum Gasteiger partial charge on any atom is 0.426 e. The third kappa shape index (κ3) is 8.09. The molecule has 0 bridgehead atoms. The average molecular weight is 645 g/mol. The number of urea groups is 1. The molecule has 10 heteroatoms. The maximum atomic E-state index is 14.0. The number of benzene rings is 2. The van der Waals surface area contributed by atoms with Gasteiger partial charge in [0, 0.05) is 56.9 Å². The van der Waals surface area contributed by atoms with Crippen molar-refractivity contribution in [2.75, 3.05) is 51.1 Å². The fourth-order valence-electron chi connectivity index (χ4n) is 7.96. The van der Waals surface area contributed by atoms with E-state index in [1.54, 1.807) is 5.06 Å². The van der Waals surface area contributed by atoms with Crippen LogP contribution in [0.2, 0.25) is 0 Å². The molecule has 254 valence electrons. The zero-order valence-corrected chi connectivity index (χ0v) is 28.2. The number of hydroxylamine groups is 2. The molecule has 0 aliphatic carbocycles. The summed E-state index contributed by atoms with van der Waals surface area (Å²) >= 11 is 0. The van der Waals surface area contributed by atoms with Gasteiger partial charge < -0.3 is 30.2 Å². The van der Waals surface area contributed by atoms with Crippen molar-refractivity contribution in [3.63, 3.8) is 0 Å². The van der Waals surface area contributed by atoms with Gasteiger partial charge in [-0.05, 0) is 99.2 Å². The minimum absolute atomic E-state index is 0.0358. The summed E-state index contributed by atoms with van der Waals surface area (Å²) in [5, 5.41) is 7.70. The van der Waals surface area contributed by atoms with Crippen molar-refractivity contribution in [3.8, 4) is 0 Å². The van der Waals surface area contributed by atoms with E-state index in [-0.39, 0.29) is 18.0 Å². The molecule has 2 aromatic carbocycles. The highest BCUT2D eigenvalue weighted by Gasteiger charge is 2.34. The lowest BCUT2D eigenvalue weighted by molar-refractivity contribution is -0.137. The molecule has 0 unspecified atom stereocenters. The van der Waals surface area contributed by atoms with Crippen LogP contribution in [0.15, 0.2) is 42.5 Å². The summed E-state index contributed by atoms with van der Waals surface area (Å²) in [4.78, 5) is 52.6. The summed E-state index contributed by atoms with van der Waals surface area (Å²) in [7, 11) is 0. The topological polar surface area (TPSA) is 97.5 Å². The number of carbonyl (C=O) groups excluding carboxylic acids is 3. The third-order valence-electron chi connectivity index (χ3n) is 10.7. The molecule has 0 spiro atoms. The first-order valence-electron chi connectivity index (χ1n) is 17.9. The predicted molar refractivity (Wildman–Crippen MR) is 183 cm³/mol. The molecule has 47 heavy (non-hydrogen) atoms. The van der Waals surface area contributed by atoms with Crippen molar-refractivity contribution in [2.24, 2.45) is 0 Å². The lowest BCUT2D eigenvalue weighted by Gasteiger charge is -2.38. The highest BCUT2D eigenvalue weighted by molar-refractivity contribution is 5.91. The number of nitrogens with zero attached hydrogens (tertiary/aromatic N) is 4. The largest absolute Gasteiger partial charge is 0.426 e. The van der Waals surface area contributed by atoms with Crippen LogP contribution in [0.5, 0.6) is 0 Å². The summed E-state index contributed by atoms with van der Waals surface area (Å²) in [5.74, 6) is -0.0358. The number of nitrogens with one attached hydrogen (secondary N) is 2. The van der Waals surface area contributed by atoms with Gasteiger partial charge in [0.15, 0.2) is 0 Å². The Labute approximate surface area is 279 Å². The van der Waals surface area contributed by atoms with E-state index in [2.05, 4.69) is 53.6 Å². The van der Waals surface area contributed by atoms with Crippen molar-refractivity contribution in [3.05, 3.63) is 64.7 Å². The van der Waals surface area contributed by atoms with Gasteiger partial charge >= 0.3 is 12.1 Å². The zero-order valence-electron chi connectivity index (χ0n) is 28.2. The van der Waals surface area contributed by atoms with Crippen LogP contribution in [0.25, 0.3) is 0 Å². The Kier molecular flexibility index (Phi) is 11.0. The number of hydrogen-bond acceptors (Lipinski definition) is 6. The van der Waals surface area contributed by atoms with Crippen molar-refractivity contribution in [2.45, 2.75) is 96.2 Å². The monoisotopic (exact) mass is 644 g/mol. The number of rotatable bonds is 9. The van der Waals surface area contributed by atoms with Crippen LogP contribution in [0.3, 0.4) is 0 Å². The average Bonchev–Trinajstić information content (AvgIpc) is 3.58. The van der Waals surface area contributed by atoms with Crippen molar-refractivity contribution >= 4 is 23.7 Å². The quantitative estimate of drug-likeness (QED) is 0.399. The number of likely N-dealkylation sites (tertiary alicyclic amines) is 2. The molecule has 4 amide bonds. The summed E-state index contributed by atoms with van der Waals surface area (Å²) in [6.45, 7) is 9.78. The lowest BCUT2D eigenvalue weighted by Crippen LogP contribution is -2.54. The SMILES string of the molecule is CCc1ccc(C[C@@H](NC(=O)ON2CCC(N3CCc4ccccc4NC3=O)CC2)C(=O)N2CCC(N3CCCC3)CC2)cc1CC. The maximum absolute atomic E-state index is 14.0. The summed E-state index contributed by atoms with van der Waals surface area (Å²) in [6.07, 6.45) is 8.42. The fourth-order valence-corrected chi connectivity index (χ4v) is 7.96. The number of carbonyl (C=O) groups is 3. The number of hydrogen-bond donors (Lipinski definition) is 2. The summed E-state index contributed by atoms with van der Waals surface area (Å²) in [6, 6.07) is 14.2. The van der Waals surface area contributed by atoms with Crippen LogP contribution >= 0.6 is 0 Å². The standard InChI is InChI=1S/C37H52N6O4/c1-3-28-12-11-27(25-29(28)4-2)26-34(35(44)41-20-14-31(15-21-41)40-18-7-8-19-40)39-37(46)47-42-22-16-32(17-23-42)43-24-13-30-9-5-6-10-33(30)38-36(43)45/h5-6,9-12,25,31-32,34H,3-4,7-8,13-24,26H2,1-2H3,(H,38,45)(H,39,46)/t34-/m1/s1. The van der Waals surface area contributed by atoms with Gasteiger partial charge in [0.25, 0.3) is 0 Å². The Morgan fingerprint density at radius 3 is 2.30 bits per heavy atom. The van der Waals surface area contributed by atoms with Crippen LogP contribution in [0.1, 0.15) is 74.6 Å². The van der Waals surface area contributed by atoms with Crippen molar-refractivity contribution in [1.29, 1.82) is 0 Å². The Bertz CT molecular complexity index is 1390. The van der Waals surface area contributed by atoms with Crippen LogP contribution in [-0.4, -0.2) is 102 Å². The van der Waals surface area contributed by atoms with Gasteiger partial charge in [0.05, 0.1) is 0 Å². The second kappa shape index (κ2) is 15.5. The molecule has 0 aromatic heterocycles. The van der Waals surface area contributed by atoms with Crippen molar-refractivity contribution in [1.82, 2.24) is 25.1 Å².